The monoisotopic (exact) mass is 751 g/mol. The van der Waals surface area contributed by atoms with Gasteiger partial charge < -0.3 is 4.90 Å². The molecule has 0 N–H and O–H groups in total. The first-order valence-electron chi connectivity index (χ1n) is 22.5. The van der Waals surface area contributed by atoms with E-state index in [2.05, 4.69) is 163 Å². The summed E-state index contributed by atoms with van der Waals surface area (Å²) in [7, 11) is 0. The molecule has 7 aromatic carbocycles. The minimum atomic E-state index is 0.0865. The Kier molecular flexibility index (Phi) is 7.95. The Labute approximate surface area is 344 Å². The van der Waals surface area contributed by atoms with Gasteiger partial charge in [0.15, 0.2) is 0 Å². The quantitative estimate of drug-likeness (QED) is 0.169. The van der Waals surface area contributed by atoms with E-state index in [1.165, 1.54) is 137 Å². The first kappa shape index (κ1) is 34.6. The lowest BCUT2D eigenvalue weighted by atomic mass is 9.55. The zero-order valence-electron chi connectivity index (χ0n) is 33.9. The molecule has 5 aliphatic rings. The lowest BCUT2D eigenvalue weighted by Crippen LogP contribution is -2.44. The average Bonchev–Trinajstić information content (AvgIpc) is 3.95. The Morgan fingerprint density at radius 2 is 1.07 bits per heavy atom. The summed E-state index contributed by atoms with van der Waals surface area (Å²) in [5.41, 5.74) is 18.7. The van der Waals surface area contributed by atoms with E-state index in [1.54, 1.807) is 16.7 Å². The van der Waals surface area contributed by atoms with Crippen molar-refractivity contribution in [2.45, 2.75) is 88.4 Å². The number of fused-ring (bicyclic) bond motifs is 9. The molecule has 286 valence electrons. The Balaban J connectivity index is 1.04. The lowest BCUT2D eigenvalue weighted by molar-refractivity contribution is 0.144. The number of hydrogen-bond acceptors (Lipinski definition) is 1. The van der Waals surface area contributed by atoms with Gasteiger partial charge in [0.1, 0.15) is 0 Å². The maximum atomic E-state index is 2.68. The summed E-state index contributed by atoms with van der Waals surface area (Å²) in [4.78, 5) is 2.61. The third-order valence-electron chi connectivity index (χ3n) is 16.1. The van der Waals surface area contributed by atoms with Gasteiger partial charge in [-0.25, -0.2) is 0 Å². The van der Waals surface area contributed by atoms with E-state index >= 15 is 0 Å². The van der Waals surface area contributed by atoms with Crippen molar-refractivity contribution < 1.29 is 0 Å². The molecule has 2 spiro atoms. The molecule has 0 radical (unpaired) electrons. The standard InChI is InChI=1S/C57H53N/c1-2-38-20-25-43-14-11-15-44(34-38)57(43)53-19-8-6-17-49(53)51-31-29-47(37-55(51)57)58(45-26-23-40(24-27-45)42-22-21-39-12-3-4-13-41(39)35-42)46-28-30-50-48-16-5-7-18-52(48)56(54(50)36-46)32-9-10-33-56/h3-8,12-13,16-19,21-24,26-31,35-38,43-44H,2,9-11,14-15,20,25,32-34H2,1H3. The van der Waals surface area contributed by atoms with Crippen molar-refractivity contribution in [2.24, 2.45) is 17.8 Å². The number of hydrogen-bond donors (Lipinski definition) is 0. The highest BCUT2D eigenvalue weighted by Crippen LogP contribution is 2.65. The second-order valence-electron chi connectivity index (χ2n) is 18.6. The summed E-state index contributed by atoms with van der Waals surface area (Å²) in [5.74, 6) is 2.21. The highest BCUT2D eigenvalue weighted by molar-refractivity contribution is 5.90. The van der Waals surface area contributed by atoms with Gasteiger partial charge in [-0.3, -0.25) is 0 Å². The van der Waals surface area contributed by atoms with Crippen molar-refractivity contribution in [2.75, 3.05) is 4.90 Å². The normalized spacial score (nSPS) is 23.4. The van der Waals surface area contributed by atoms with Crippen LogP contribution in [-0.4, -0.2) is 0 Å². The van der Waals surface area contributed by atoms with Crippen LogP contribution >= 0.6 is 0 Å². The van der Waals surface area contributed by atoms with Crippen molar-refractivity contribution in [3.63, 3.8) is 0 Å². The van der Waals surface area contributed by atoms with Crippen molar-refractivity contribution in [3.05, 3.63) is 174 Å². The van der Waals surface area contributed by atoms with Crippen LogP contribution < -0.4 is 4.90 Å². The Hall–Kier alpha value is -5.40. The van der Waals surface area contributed by atoms with Crippen LogP contribution in [0.2, 0.25) is 0 Å². The number of benzene rings is 7. The summed E-state index contributed by atoms with van der Waals surface area (Å²) < 4.78 is 0. The number of nitrogens with zero attached hydrogens (tertiary/aromatic N) is 1. The van der Waals surface area contributed by atoms with Crippen LogP contribution in [0.4, 0.5) is 17.1 Å². The summed E-state index contributed by atoms with van der Waals surface area (Å²) in [6.07, 6.45) is 14.5. The van der Waals surface area contributed by atoms with Crippen molar-refractivity contribution >= 4 is 27.8 Å². The van der Waals surface area contributed by atoms with Gasteiger partial charge in [-0.05, 0) is 165 Å². The van der Waals surface area contributed by atoms with E-state index in [1.807, 2.05) is 0 Å². The van der Waals surface area contributed by atoms with Crippen LogP contribution in [0.15, 0.2) is 152 Å². The molecule has 3 saturated carbocycles. The van der Waals surface area contributed by atoms with Crippen LogP contribution in [0.3, 0.4) is 0 Å². The molecular formula is C57H53N. The SMILES string of the molecule is CCC1CCC2CCCC(C1)C21c2ccccc2-c2ccc(N(c3ccc(-c4ccc5ccccc5c4)cc3)c3ccc4c(c3)C3(CCCC3)c3ccccc3-4)cc21. The van der Waals surface area contributed by atoms with Crippen LogP contribution in [0, 0.1) is 17.8 Å². The molecule has 1 heteroatoms. The fourth-order valence-electron chi connectivity index (χ4n) is 13.5. The van der Waals surface area contributed by atoms with Gasteiger partial charge in [-0.1, -0.05) is 148 Å². The topological polar surface area (TPSA) is 3.24 Å². The molecule has 5 aliphatic carbocycles. The average molecular weight is 752 g/mol. The minimum Gasteiger partial charge on any atom is -0.310 e. The van der Waals surface area contributed by atoms with Crippen molar-refractivity contribution in [1.29, 1.82) is 0 Å². The third kappa shape index (κ3) is 4.95. The van der Waals surface area contributed by atoms with E-state index in [4.69, 9.17) is 0 Å². The first-order valence-corrected chi connectivity index (χ1v) is 22.5. The van der Waals surface area contributed by atoms with E-state index < -0.39 is 0 Å². The van der Waals surface area contributed by atoms with Gasteiger partial charge in [-0.2, -0.15) is 0 Å². The molecule has 7 aromatic rings. The molecule has 1 nitrogen and oxygen atoms in total. The first-order chi connectivity index (χ1) is 28.7. The smallest absolute Gasteiger partial charge is 0.0465 e. The molecule has 0 aliphatic heterocycles. The van der Waals surface area contributed by atoms with Crippen molar-refractivity contribution in [3.8, 4) is 33.4 Å². The van der Waals surface area contributed by atoms with Crippen LogP contribution in [0.1, 0.15) is 99.8 Å². The molecule has 4 unspecified atom stereocenters. The molecule has 0 aromatic heterocycles. The maximum Gasteiger partial charge on any atom is 0.0465 e. The van der Waals surface area contributed by atoms with Crippen LogP contribution in [0.25, 0.3) is 44.2 Å². The highest BCUT2D eigenvalue weighted by atomic mass is 15.1. The predicted octanol–water partition coefficient (Wildman–Crippen LogP) is 15.7. The predicted molar refractivity (Wildman–Crippen MR) is 243 cm³/mol. The summed E-state index contributed by atoms with van der Waals surface area (Å²) in [6, 6.07) is 59.0. The van der Waals surface area contributed by atoms with E-state index in [0.29, 0.717) is 11.8 Å². The van der Waals surface area contributed by atoms with Crippen molar-refractivity contribution in [1.82, 2.24) is 0 Å². The Morgan fingerprint density at radius 3 is 1.84 bits per heavy atom. The molecule has 3 fully saturated rings. The fourth-order valence-corrected chi connectivity index (χ4v) is 13.5. The molecule has 58 heavy (non-hydrogen) atoms. The van der Waals surface area contributed by atoms with E-state index in [0.717, 1.165) is 5.92 Å². The summed E-state index contributed by atoms with van der Waals surface area (Å²) in [6.45, 7) is 2.44. The minimum absolute atomic E-state index is 0.0865. The molecular weight excluding hydrogens is 699 g/mol. The zero-order chi connectivity index (χ0) is 38.4. The number of rotatable bonds is 5. The largest absolute Gasteiger partial charge is 0.310 e. The van der Waals surface area contributed by atoms with Gasteiger partial charge in [0.05, 0.1) is 0 Å². The second kappa shape index (κ2) is 13.3. The molecule has 4 atom stereocenters. The van der Waals surface area contributed by atoms with Gasteiger partial charge in [0.2, 0.25) is 0 Å². The highest BCUT2D eigenvalue weighted by Gasteiger charge is 2.56. The maximum absolute atomic E-state index is 2.68. The van der Waals surface area contributed by atoms with Crippen LogP contribution in [-0.2, 0) is 10.8 Å². The van der Waals surface area contributed by atoms with E-state index in [-0.39, 0.29) is 10.8 Å². The van der Waals surface area contributed by atoms with Gasteiger partial charge in [0.25, 0.3) is 0 Å². The summed E-state index contributed by atoms with van der Waals surface area (Å²) in [5, 5.41) is 2.57. The fraction of sp³-hybridized carbons (Fsp3) is 0.298. The van der Waals surface area contributed by atoms with Gasteiger partial charge in [-0.15, -0.1) is 0 Å². The van der Waals surface area contributed by atoms with E-state index in [9.17, 15) is 0 Å². The Bertz CT molecular complexity index is 2710. The van der Waals surface area contributed by atoms with Crippen LogP contribution in [0.5, 0.6) is 0 Å². The number of anilines is 3. The summed E-state index contributed by atoms with van der Waals surface area (Å²) >= 11 is 0. The van der Waals surface area contributed by atoms with Gasteiger partial charge >= 0.3 is 0 Å². The molecule has 0 amide bonds. The molecule has 2 bridgehead atoms. The Morgan fingerprint density at radius 1 is 0.466 bits per heavy atom. The molecule has 0 heterocycles. The third-order valence-corrected chi connectivity index (χ3v) is 16.1. The molecule has 0 saturated heterocycles. The van der Waals surface area contributed by atoms with Gasteiger partial charge in [0, 0.05) is 27.9 Å². The zero-order valence-corrected chi connectivity index (χ0v) is 33.9. The lowest BCUT2D eigenvalue weighted by Gasteiger charge is -2.48. The second-order valence-corrected chi connectivity index (χ2v) is 18.6. The molecule has 12 rings (SSSR count).